The summed E-state index contributed by atoms with van der Waals surface area (Å²) in [6.45, 7) is 1.09. The van der Waals surface area contributed by atoms with Gasteiger partial charge in [-0.3, -0.25) is 14.4 Å². The van der Waals surface area contributed by atoms with Crippen molar-refractivity contribution >= 4 is 28.3 Å². The van der Waals surface area contributed by atoms with E-state index in [-0.39, 0.29) is 5.91 Å². The number of anilines is 1. The van der Waals surface area contributed by atoms with Crippen molar-refractivity contribution in [3.05, 3.63) is 48.4 Å². The van der Waals surface area contributed by atoms with E-state index in [1.165, 1.54) is 6.42 Å². The van der Waals surface area contributed by atoms with Crippen LogP contribution in [0.15, 0.2) is 37.1 Å². The molecule has 0 aromatic carbocycles. The number of nitrogens with one attached hydrogen (secondary N) is 1. The van der Waals surface area contributed by atoms with Crippen LogP contribution in [0.3, 0.4) is 0 Å². The average molecular weight is 376 g/mol. The van der Waals surface area contributed by atoms with Gasteiger partial charge in [-0.15, -0.1) is 0 Å². The Morgan fingerprint density at radius 3 is 2.89 bits per heavy atom. The molecule has 0 saturated carbocycles. The molecule has 5 heterocycles. The van der Waals surface area contributed by atoms with E-state index in [2.05, 4.69) is 37.3 Å². The molecule has 9 nitrogen and oxygen atoms in total. The minimum atomic E-state index is -0.312. The van der Waals surface area contributed by atoms with E-state index in [1.54, 1.807) is 35.5 Å². The van der Waals surface area contributed by atoms with Crippen LogP contribution in [0.4, 0.5) is 5.82 Å². The van der Waals surface area contributed by atoms with E-state index >= 15 is 0 Å². The molecule has 0 bridgehead atoms. The van der Waals surface area contributed by atoms with Gasteiger partial charge in [-0.2, -0.15) is 5.10 Å². The van der Waals surface area contributed by atoms with E-state index in [9.17, 15) is 4.79 Å². The first kappa shape index (κ1) is 16.8. The van der Waals surface area contributed by atoms with Crippen molar-refractivity contribution in [2.75, 3.05) is 18.9 Å². The predicted molar refractivity (Wildman–Crippen MR) is 104 cm³/mol. The fourth-order valence-corrected chi connectivity index (χ4v) is 3.78. The van der Waals surface area contributed by atoms with Crippen LogP contribution in [0.2, 0.25) is 0 Å². The Labute approximate surface area is 161 Å². The van der Waals surface area contributed by atoms with Crippen molar-refractivity contribution in [3.63, 3.8) is 0 Å². The molecule has 0 spiro atoms. The van der Waals surface area contributed by atoms with Gasteiger partial charge in [0.1, 0.15) is 11.5 Å². The monoisotopic (exact) mass is 376 g/mol. The van der Waals surface area contributed by atoms with Crippen molar-refractivity contribution in [2.24, 2.45) is 7.05 Å². The number of aromatic nitrogens is 6. The number of pyridine rings is 1. The molecule has 1 N–H and O–H groups in total. The molecule has 4 aromatic heterocycles. The summed E-state index contributed by atoms with van der Waals surface area (Å²) in [5, 5.41) is 7.85. The molecule has 9 heteroatoms. The molecule has 0 aliphatic carbocycles. The molecule has 142 valence electrons. The third-order valence-corrected chi connectivity index (χ3v) is 5.33. The number of nitrogens with zero attached hydrogens (tertiary/aromatic N) is 7. The topological polar surface area (TPSA) is 93.2 Å². The number of aryl methyl sites for hydroxylation is 1. The molecule has 28 heavy (non-hydrogen) atoms. The van der Waals surface area contributed by atoms with Crippen molar-refractivity contribution in [2.45, 2.75) is 18.9 Å². The number of fused-ring (bicyclic) bond motifs is 2. The molecule has 0 unspecified atom stereocenters. The second-order valence-corrected chi connectivity index (χ2v) is 7.19. The minimum Gasteiger partial charge on any atom is -0.304 e. The number of hydrogen-bond acceptors (Lipinski definition) is 6. The number of rotatable bonds is 3. The van der Waals surface area contributed by atoms with E-state index in [1.807, 2.05) is 17.6 Å². The number of likely N-dealkylation sites (tertiary alicyclic amines) is 1. The molecular weight excluding hydrogens is 356 g/mol. The highest BCUT2D eigenvalue weighted by Crippen LogP contribution is 2.29. The number of carbonyl (C=O) groups excluding carboxylic acids is 1. The predicted octanol–water partition coefficient (Wildman–Crippen LogP) is 2.03. The van der Waals surface area contributed by atoms with Crippen LogP contribution < -0.4 is 5.32 Å². The van der Waals surface area contributed by atoms with Gasteiger partial charge in [-0.25, -0.2) is 15.0 Å². The van der Waals surface area contributed by atoms with Crippen LogP contribution in [0.1, 0.15) is 35.1 Å². The maximum Gasteiger partial charge on any atom is 0.275 e. The van der Waals surface area contributed by atoms with Crippen LogP contribution in [0.25, 0.3) is 16.6 Å². The fourth-order valence-electron chi connectivity index (χ4n) is 3.78. The summed E-state index contributed by atoms with van der Waals surface area (Å²) in [5.74, 6) is 0.141. The van der Waals surface area contributed by atoms with Gasteiger partial charge in [-0.05, 0) is 32.5 Å². The minimum absolute atomic E-state index is 0.312. The number of carbonyl (C=O) groups is 1. The molecule has 1 saturated heterocycles. The Morgan fingerprint density at radius 2 is 2.07 bits per heavy atom. The van der Waals surface area contributed by atoms with Crippen LogP contribution in [-0.2, 0) is 7.05 Å². The third kappa shape index (κ3) is 2.80. The van der Waals surface area contributed by atoms with Gasteiger partial charge in [0.05, 0.1) is 42.0 Å². The van der Waals surface area contributed by atoms with Gasteiger partial charge >= 0.3 is 0 Å². The molecule has 1 atom stereocenters. The number of amides is 1. The number of imidazole rings is 1. The fraction of sp³-hybridized carbons (Fsp3) is 0.316. The SMILES string of the molecule is CN1CCC[C@@H]1c1cn2cc(NC(=O)c3cc4cnn(C)c4cn3)ncc2n1. The van der Waals surface area contributed by atoms with E-state index in [0.29, 0.717) is 17.6 Å². The van der Waals surface area contributed by atoms with E-state index in [4.69, 9.17) is 0 Å². The van der Waals surface area contributed by atoms with Crippen LogP contribution in [-0.4, -0.2) is 53.5 Å². The zero-order valence-electron chi connectivity index (χ0n) is 15.7. The van der Waals surface area contributed by atoms with Gasteiger partial charge in [-0.1, -0.05) is 0 Å². The average Bonchev–Trinajstić information content (AvgIpc) is 3.39. The highest BCUT2D eigenvalue weighted by Gasteiger charge is 2.25. The first-order valence-corrected chi connectivity index (χ1v) is 9.22. The Morgan fingerprint density at radius 1 is 1.18 bits per heavy atom. The molecule has 1 fully saturated rings. The largest absolute Gasteiger partial charge is 0.304 e. The van der Waals surface area contributed by atoms with Crippen molar-refractivity contribution in [1.29, 1.82) is 0 Å². The van der Waals surface area contributed by atoms with Crippen molar-refractivity contribution < 1.29 is 4.79 Å². The second kappa shape index (κ2) is 6.38. The summed E-state index contributed by atoms with van der Waals surface area (Å²) in [6, 6.07) is 2.06. The van der Waals surface area contributed by atoms with Crippen LogP contribution in [0.5, 0.6) is 0 Å². The van der Waals surface area contributed by atoms with Gasteiger partial charge in [0.25, 0.3) is 5.91 Å². The lowest BCUT2D eigenvalue weighted by atomic mass is 10.2. The first-order valence-electron chi connectivity index (χ1n) is 9.22. The number of hydrogen-bond donors (Lipinski definition) is 1. The van der Waals surface area contributed by atoms with Gasteiger partial charge in [0.2, 0.25) is 0 Å². The van der Waals surface area contributed by atoms with Gasteiger partial charge < -0.3 is 9.72 Å². The summed E-state index contributed by atoms with van der Waals surface area (Å²) in [5.41, 5.74) is 3.00. The summed E-state index contributed by atoms with van der Waals surface area (Å²) >= 11 is 0. The lowest BCUT2D eigenvalue weighted by molar-refractivity contribution is 0.102. The third-order valence-electron chi connectivity index (χ3n) is 5.33. The second-order valence-electron chi connectivity index (χ2n) is 7.19. The molecular formula is C19H20N8O. The molecule has 5 rings (SSSR count). The zero-order valence-corrected chi connectivity index (χ0v) is 15.7. The highest BCUT2D eigenvalue weighted by molar-refractivity contribution is 6.04. The Hall–Kier alpha value is -3.33. The maximum absolute atomic E-state index is 12.6. The summed E-state index contributed by atoms with van der Waals surface area (Å²) < 4.78 is 3.62. The van der Waals surface area contributed by atoms with E-state index in [0.717, 1.165) is 35.2 Å². The Bertz CT molecular complexity index is 1190. The Balaban J connectivity index is 1.39. The van der Waals surface area contributed by atoms with Crippen molar-refractivity contribution in [3.8, 4) is 0 Å². The summed E-state index contributed by atoms with van der Waals surface area (Å²) in [7, 11) is 3.96. The Kier molecular flexibility index (Phi) is 3.83. The standard InChI is InChI=1S/C19H20N8O/c1-25-5-3-4-15(25)14-10-27-11-17(21-9-18(27)23-14)24-19(28)13-6-12-7-22-26(2)16(12)8-20-13/h6-11,15H,3-5H2,1-2H3,(H,24,28)/t15-/m1/s1. The molecule has 1 amide bonds. The van der Waals surface area contributed by atoms with Gasteiger partial charge in [0.15, 0.2) is 5.65 Å². The zero-order chi connectivity index (χ0) is 19.3. The molecule has 4 aromatic rings. The summed E-state index contributed by atoms with van der Waals surface area (Å²) in [4.78, 5) is 28.2. The first-order chi connectivity index (χ1) is 13.6. The molecule has 0 radical (unpaired) electrons. The quantitative estimate of drug-likeness (QED) is 0.588. The van der Waals surface area contributed by atoms with Crippen LogP contribution in [0, 0.1) is 0 Å². The van der Waals surface area contributed by atoms with Crippen LogP contribution >= 0.6 is 0 Å². The molecule has 1 aliphatic rings. The maximum atomic E-state index is 12.6. The smallest absolute Gasteiger partial charge is 0.275 e. The lowest BCUT2D eigenvalue weighted by Gasteiger charge is -2.16. The normalized spacial score (nSPS) is 17.6. The van der Waals surface area contributed by atoms with Gasteiger partial charge in [0, 0.05) is 18.6 Å². The highest BCUT2D eigenvalue weighted by atomic mass is 16.1. The van der Waals surface area contributed by atoms with Crippen molar-refractivity contribution in [1.82, 2.24) is 34.0 Å². The van der Waals surface area contributed by atoms with E-state index < -0.39 is 0 Å². The molecule has 1 aliphatic heterocycles. The lowest BCUT2D eigenvalue weighted by Crippen LogP contribution is -2.17. The summed E-state index contributed by atoms with van der Waals surface area (Å²) in [6.07, 6.45) is 11.1.